The summed E-state index contributed by atoms with van der Waals surface area (Å²) >= 11 is 0. The number of Topliss-reactive ketones (excluding diaryl/α,β-unsaturated/α-hetero) is 1. The van der Waals surface area contributed by atoms with Crippen molar-refractivity contribution in [3.8, 4) is 0 Å². The van der Waals surface area contributed by atoms with Gasteiger partial charge in [0.15, 0.2) is 6.29 Å². The van der Waals surface area contributed by atoms with Crippen molar-refractivity contribution in [3.05, 3.63) is 35.6 Å². The molecule has 0 radical (unpaired) electrons. The Morgan fingerprint density at radius 2 is 1.49 bits per heavy atom. The van der Waals surface area contributed by atoms with Gasteiger partial charge in [0.25, 0.3) is 0 Å². The van der Waals surface area contributed by atoms with Gasteiger partial charge in [-0.05, 0) is 32.1 Å². The summed E-state index contributed by atoms with van der Waals surface area (Å²) in [5, 5.41) is 34.7. The molecule has 218 valence electrons. The van der Waals surface area contributed by atoms with Crippen LogP contribution in [0.5, 0.6) is 0 Å². The van der Waals surface area contributed by atoms with E-state index in [0.717, 1.165) is 19.3 Å². The zero-order valence-corrected chi connectivity index (χ0v) is 29.4. The summed E-state index contributed by atoms with van der Waals surface area (Å²) in [7, 11) is 0. The van der Waals surface area contributed by atoms with E-state index in [1.165, 1.54) is 0 Å². The van der Waals surface area contributed by atoms with Crippen LogP contribution in [0.4, 0.5) is 5.69 Å². The number of hydrogen-bond donors (Lipinski definition) is 3. The zero-order valence-electron chi connectivity index (χ0n) is 24.5. The molecule has 5 atom stereocenters. The molecule has 39 heavy (non-hydrogen) atoms. The Morgan fingerprint density at radius 3 is 2.08 bits per heavy atom. The second-order valence-corrected chi connectivity index (χ2v) is 9.50. The number of rotatable bonds is 17. The van der Waals surface area contributed by atoms with Gasteiger partial charge in [-0.1, -0.05) is 70.9 Å². The molecule has 0 bridgehead atoms. The molecule has 3 N–H and O–H groups in total. The third kappa shape index (κ3) is 15.6. The van der Waals surface area contributed by atoms with E-state index in [0.29, 0.717) is 44.4 Å². The van der Waals surface area contributed by atoms with Gasteiger partial charge in [0.05, 0.1) is 12.5 Å². The van der Waals surface area contributed by atoms with Crippen LogP contribution in [-0.4, -0.2) is 77.5 Å². The van der Waals surface area contributed by atoms with E-state index in [9.17, 15) is 24.9 Å². The number of benzene rings is 1. The fourth-order valence-electron chi connectivity index (χ4n) is 3.94. The molecule has 1 aliphatic heterocycles. The number of ketones is 1. The van der Waals surface area contributed by atoms with E-state index in [2.05, 4.69) is 5.32 Å². The Bertz CT molecular complexity index is 765. The molecule has 1 amide bonds. The number of unbranched alkanes of at least 4 members (excludes halogenated alkanes) is 4. The molecule has 2 unspecified atom stereocenters. The first-order valence-corrected chi connectivity index (χ1v) is 14.0. The maximum atomic E-state index is 11.9. The summed E-state index contributed by atoms with van der Waals surface area (Å²) in [5.74, 6) is 0.119. The minimum Gasteiger partial charge on any atom is -0.627 e. The predicted molar refractivity (Wildman–Crippen MR) is 146 cm³/mol. The van der Waals surface area contributed by atoms with Crippen LogP contribution in [0.25, 0.3) is 5.32 Å². The number of nitrogens with zero attached hydrogens (tertiary/aromatic N) is 1. The molecule has 1 heterocycles. The molecule has 9 nitrogen and oxygen atoms in total. The standard InChI is InChI=1S/C27H43NO8.C2H6.Rb/c1-19(2)21(30)14-8-4-10-16-34-26-22(18-29)36-27(25(33)24(26)32)35-17-11-5-9-15-23(31)28-20-12-6-3-7-13-20;1-2;/h3,6-7,12-13,19,22,24-27,29,32-33H,4-5,8-11,14-18H2,1-2H3,(H,28,31);1-2H3;/q;;+1/p-1/t22?,24-,25?,26+,27-;;/m0../s1. The van der Waals surface area contributed by atoms with Gasteiger partial charge in [0.2, 0.25) is 0 Å². The summed E-state index contributed by atoms with van der Waals surface area (Å²) in [6, 6.07) is 9.09. The zero-order chi connectivity index (χ0) is 28.3. The number of ether oxygens (including phenoxy) is 3. The maximum Gasteiger partial charge on any atom is 1.00 e. The number of para-hydroxylation sites is 1. The van der Waals surface area contributed by atoms with Crippen LogP contribution in [0.3, 0.4) is 0 Å². The van der Waals surface area contributed by atoms with Crippen molar-refractivity contribution >= 4 is 17.4 Å². The minimum absolute atomic E-state index is 0. The van der Waals surface area contributed by atoms with Crippen LogP contribution in [0.2, 0.25) is 0 Å². The van der Waals surface area contributed by atoms with Gasteiger partial charge in [0, 0.05) is 25.6 Å². The second-order valence-electron chi connectivity index (χ2n) is 9.50. The van der Waals surface area contributed by atoms with Crippen molar-refractivity contribution in [1.29, 1.82) is 0 Å². The summed E-state index contributed by atoms with van der Waals surface area (Å²) in [5.41, 5.74) is 0.645. The topological polar surface area (TPSA) is 137 Å². The third-order valence-corrected chi connectivity index (χ3v) is 6.17. The molecular weight excluding hydrogens is 576 g/mol. The first-order chi connectivity index (χ1) is 18.3. The maximum absolute atomic E-state index is 11.9. The molecule has 0 aromatic heterocycles. The number of carbonyl (C=O) groups excluding carboxylic acids is 2. The molecule has 2 rings (SSSR count). The van der Waals surface area contributed by atoms with Gasteiger partial charge in [-0.3, -0.25) is 4.79 Å². The normalized spacial score (nSPS) is 22.4. The van der Waals surface area contributed by atoms with Crippen LogP contribution >= 0.6 is 0 Å². The molecule has 1 aliphatic rings. The van der Waals surface area contributed by atoms with Crippen molar-refractivity contribution in [2.24, 2.45) is 5.92 Å². The van der Waals surface area contributed by atoms with Crippen LogP contribution in [0, 0.1) is 5.92 Å². The molecule has 0 aliphatic carbocycles. The van der Waals surface area contributed by atoms with Crippen molar-refractivity contribution in [3.63, 3.8) is 0 Å². The van der Waals surface area contributed by atoms with E-state index in [1.807, 2.05) is 45.9 Å². The number of hydrogen-bond acceptors (Lipinski definition) is 8. The van der Waals surface area contributed by atoms with Gasteiger partial charge in [0.1, 0.15) is 30.2 Å². The van der Waals surface area contributed by atoms with Crippen molar-refractivity contribution in [2.45, 2.75) is 110 Å². The minimum atomic E-state index is -1.31. The summed E-state index contributed by atoms with van der Waals surface area (Å²) < 4.78 is 17.0. The Hall–Kier alpha value is -0.0748. The smallest absolute Gasteiger partial charge is 0.627 e. The first-order valence-electron chi connectivity index (χ1n) is 14.0. The van der Waals surface area contributed by atoms with E-state index < -0.39 is 30.7 Å². The molecule has 1 fully saturated rings. The van der Waals surface area contributed by atoms with Crippen molar-refractivity contribution in [1.82, 2.24) is 0 Å². The van der Waals surface area contributed by atoms with E-state index >= 15 is 0 Å². The van der Waals surface area contributed by atoms with Crippen LogP contribution in [-0.2, 0) is 23.8 Å². The number of aliphatic hydroxyl groups is 3. The van der Waals surface area contributed by atoms with Crippen LogP contribution in [0.1, 0.15) is 79.1 Å². The Balaban J connectivity index is 0.00000470. The van der Waals surface area contributed by atoms with E-state index in [-0.39, 0.29) is 89.0 Å². The van der Waals surface area contributed by atoms with Gasteiger partial charge in [-0.25, -0.2) is 0 Å². The Kier molecular flexibility index (Phi) is 23.4. The molecular formula is C29H48NO8Rb. The third-order valence-electron chi connectivity index (χ3n) is 6.17. The summed E-state index contributed by atoms with van der Waals surface area (Å²) in [4.78, 5) is 23.6. The van der Waals surface area contributed by atoms with Crippen LogP contribution in [0.15, 0.2) is 30.3 Å². The molecule has 0 saturated carbocycles. The van der Waals surface area contributed by atoms with Gasteiger partial charge in [-0.15, -0.1) is 5.69 Å². The number of amides is 1. The molecule has 1 aromatic rings. The van der Waals surface area contributed by atoms with Crippen molar-refractivity contribution in [2.75, 3.05) is 19.8 Å². The monoisotopic (exact) mass is 623 g/mol. The van der Waals surface area contributed by atoms with Gasteiger partial charge < -0.3 is 39.6 Å². The average molecular weight is 624 g/mol. The largest absolute Gasteiger partial charge is 1.00 e. The summed E-state index contributed by atoms with van der Waals surface area (Å²) in [6.07, 6.45) is -0.131. The second kappa shape index (κ2) is 23.5. The van der Waals surface area contributed by atoms with E-state index in [1.54, 1.807) is 12.1 Å². The fourth-order valence-corrected chi connectivity index (χ4v) is 3.94. The molecule has 10 heteroatoms. The SMILES string of the molecule is CC.CC(C)C(=O)CCCCCO[C@@H]1C(CO)O[C@H](OCCCCCC(=O)[N-]c2ccccc2)C(O)[C@@H]1O.[Rb+]. The van der Waals surface area contributed by atoms with Gasteiger partial charge in [-0.2, -0.15) is 0 Å². The predicted octanol–water partition coefficient (Wildman–Crippen LogP) is 1.44. The quantitative estimate of drug-likeness (QED) is 0.222. The molecule has 1 aromatic carbocycles. The fraction of sp³-hybridized carbons (Fsp3) is 0.724. The molecule has 0 spiro atoms. The van der Waals surface area contributed by atoms with E-state index in [4.69, 9.17) is 14.2 Å². The Morgan fingerprint density at radius 1 is 0.897 bits per heavy atom. The first kappa shape index (κ1) is 38.9. The number of carbonyl (C=O) groups is 2. The van der Waals surface area contributed by atoms with Crippen molar-refractivity contribution < 1.29 is 97.3 Å². The summed E-state index contributed by atoms with van der Waals surface area (Å²) in [6.45, 7) is 7.99. The average Bonchev–Trinajstić information content (AvgIpc) is 2.92. The Labute approximate surface area is 283 Å². The number of aliphatic hydroxyl groups excluding tert-OH is 3. The molecule has 1 saturated heterocycles. The van der Waals surface area contributed by atoms with Gasteiger partial charge >= 0.3 is 58.2 Å². The van der Waals surface area contributed by atoms with Crippen LogP contribution < -0.4 is 58.2 Å².